The predicted octanol–water partition coefficient (Wildman–Crippen LogP) is 2.01. The van der Waals surface area contributed by atoms with Crippen LogP contribution < -0.4 is 10.2 Å². The summed E-state index contributed by atoms with van der Waals surface area (Å²) < 4.78 is 0. The Balaban J connectivity index is 2.79. The van der Waals surface area contributed by atoms with Crippen molar-refractivity contribution in [3.05, 3.63) is 36.0 Å². The molecule has 1 rings (SSSR count). The Labute approximate surface area is 106 Å². The molecule has 0 aromatic heterocycles. The summed E-state index contributed by atoms with van der Waals surface area (Å²) >= 11 is 0. The molecule has 0 spiro atoms. The van der Waals surface area contributed by atoms with Gasteiger partial charge in [0.15, 0.2) is 0 Å². The maximum Gasteiger partial charge on any atom is 0.223 e. The Hall–Kier alpha value is -2.79. The zero-order chi connectivity index (χ0) is 13.5. The number of hydrogen-bond acceptors (Lipinski definition) is 4. The molecule has 0 bridgehead atoms. The number of rotatable bonds is 3. The van der Waals surface area contributed by atoms with Crippen LogP contribution in [0.25, 0.3) is 0 Å². The van der Waals surface area contributed by atoms with Crippen molar-refractivity contribution in [2.24, 2.45) is 0 Å². The Bertz CT molecular complexity index is 530. The van der Waals surface area contributed by atoms with Gasteiger partial charge in [-0.15, -0.1) is 0 Å². The largest absolute Gasteiger partial charge is 0.360 e. The second-order valence-corrected chi connectivity index (χ2v) is 3.55. The molecule has 1 aromatic carbocycles. The molecule has 0 unspecified atom stereocenters. The monoisotopic (exact) mass is 240 g/mol. The van der Waals surface area contributed by atoms with Gasteiger partial charge in [-0.05, 0) is 24.3 Å². The van der Waals surface area contributed by atoms with Gasteiger partial charge in [0.05, 0.1) is 0 Å². The highest BCUT2D eigenvalue weighted by atomic mass is 16.2. The van der Waals surface area contributed by atoms with Gasteiger partial charge in [0, 0.05) is 31.5 Å². The fourth-order valence-corrected chi connectivity index (χ4v) is 1.21. The van der Waals surface area contributed by atoms with Gasteiger partial charge in [0.2, 0.25) is 5.91 Å². The van der Waals surface area contributed by atoms with Crippen LogP contribution in [0.2, 0.25) is 0 Å². The van der Waals surface area contributed by atoms with Crippen molar-refractivity contribution in [2.75, 3.05) is 17.3 Å². The Kier molecular flexibility index (Phi) is 4.48. The lowest BCUT2D eigenvalue weighted by molar-refractivity contribution is -0.116. The van der Waals surface area contributed by atoms with Gasteiger partial charge < -0.3 is 10.2 Å². The van der Waals surface area contributed by atoms with E-state index in [1.165, 1.54) is 18.0 Å². The van der Waals surface area contributed by atoms with Crippen LogP contribution in [-0.4, -0.2) is 13.0 Å². The molecular weight excluding hydrogens is 228 g/mol. The number of allylic oxidation sites excluding steroid dienone is 1. The number of anilines is 2. The lowest BCUT2D eigenvalue weighted by atomic mass is 10.2. The number of amides is 1. The van der Waals surface area contributed by atoms with Crippen molar-refractivity contribution >= 4 is 17.3 Å². The van der Waals surface area contributed by atoms with Crippen molar-refractivity contribution in [1.82, 2.24) is 0 Å². The van der Waals surface area contributed by atoms with E-state index in [1.54, 1.807) is 43.5 Å². The van der Waals surface area contributed by atoms with Gasteiger partial charge in [0.1, 0.15) is 17.7 Å². The van der Waals surface area contributed by atoms with E-state index in [2.05, 4.69) is 5.32 Å². The molecule has 0 saturated heterocycles. The zero-order valence-electron chi connectivity index (χ0n) is 10.1. The molecule has 90 valence electrons. The smallest absolute Gasteiger partial charge is 0.223 e. The molecule has 0 fully saturated rings. The van der Waals surface area contributed by atoms with Crippen LogP contribution in [0.5, 0.6) is 0 Å². The topological polar surface area (TPSA) is 79.9 Å². The summed E-state index contributed by atoms with van der Waals surface area (Å²) in [6.45, 7) is 1.49. The Morgan fingerprint density at radius 2 is 1.83 bits per heavy atom. The molecule has 5 nitrogen and oxygen atoms in total. The molecule has 0 heterocycles. The predicted molar refractivity (Wildman–Crippen MR) is 68.5 cm³/mol. The van der Waals surface area contributed by atoms with E-state index in [-0.39, 0.29) is 11.5 Å². The summed E-state index contributed by atoms with van der Waals surface area (Å²) in [4.78, 5) is 12.7. The second kappa shape index (κ2) is 6.07. The van der Waals surface area contributed by atoms with Gasteiger partial charge in [-0.2, -0.15) is 10.5 Å². The fourth-order valence-electron chi connectivity index (χ4n) is 1.21. The highest BCUT2D eigenvalue weighted by Crippen LogP contribution is 2.17. The maximum atomic E-state index is 11.2. The first kappa shape index (κ1) is 13.3. The third-order valence-electron chi connectivity index (χ3n) is 2.35. The van der Waals surface area contributed by atoms with Crippen LogP contribution >= 0.6 is 0 Å². The lowest BCUT2D eigenvalue weighted by Gasteiger charge is -2.15. The molecule has 0 aliphatic carbocycles. The van der Waals surface area contributed by atoms with E-state index in [4.69, 9.17) is 10.5 Å². The molecule has 0 saturated carbocycles. The van der Waals surface area contributed by atoms with Crippen LogP contribution in [0, 0.1) is 22.7 Å². The van der Waals surface area contributed by atoms with E-state index in [0.29, 0.717) is 0 Å². The van der Waals surface area contributed by atoms with Gasteiger partial charge >= 0.3 is 0 Å². The van der Waals surface area contributed by atoms with Gasteiger partial charge in [-0.3, -0.25) is 4.79 Å². The minimum Gasteiger partial charge on any atom is -0.360 e. The molecule has 0 aliphatic rings. The molecule has 1 amide bonds. The third kappa shape index (κ3) is 3.36. The first-order chi connectivity index (χ1) is 8.58. The highest BCUT2D eigenvalue weighted by molar-refractivity contribution is 5.91. The van der Waals surface area contributed by atoms with Crippen molar-refractivity contribution in [3.63, 3.8) is 0 Å². The summed E-state index contributed by atoms with van der Waals surface area (Å²) in [5, 5.41) is 19.9. The van der Waals surface area contributed by atoms with E-state index in [1.807, 2.05) is 0 Å². The number of nitriles is 2. The Morgan fingerprint density at radius 1 is 1.28 bits per heavy atom. The first-order valence-corrected chi connectivity index (χ1v) is 5.19. The van der Waals surface area contributed by atoms with Crippen molar-refractivity contribution in [3.8, 4) is 12.1 Å². The average molecular weight is 240 g/mol. The van der Waals surface area contributed by atoms with E-state index < -0.39 is 0 Å². The van der Waals surface area contributed by atoms with Crippen LogP contribution in [0.4, 0.5) is 11.4 Å². The number of hydrogen-bond donors (Lipinski definition) is 1. The lowest BCUT2D eigenvalue weighted by Crippen LogP contribution is -2.22. The molecule has 0 aliphatic heterocycles. The van der Waals surface area contributed by atoms with E-state index >= 15 is 0 Å². The van der Waals surface area contributed by atoms with Crippen molar-refractivity contribution in [2.45, 2.75) is 6.92 Å². The highest BCUT2D eigenvalue weighted by Gasteiger charge is 2.04. The maximum absolute atomic E-state index is 11.2. The SMILES string of the molecule is CC(=O)N(C)c1ccc(NC=C(C#N)C#N)cc1. The summed E-state index contributed by atoms with van der Waals surface area (Å²) in [5.41, 5.74) is 1.51. The van der Waals surface area contributed by atoms with Crippen molar-refractivity contribution < 1.29 is 4.79 Å². The molecule has 0 radical (unpaired) electrons. The van der Waals surface area contributed by atoms with Crippen molar-refractivity contribution in [1.29, 1.82) is 10.5 Å². The normalized spacial score (nSPS) is 8.67. The summed E-state index contributed by atoms with van der Waals surface area (Å²) in [7, 11) is 1.69. The minimum atomic E-state index is -0.0492. The average Bonchev–Trinajstić information content (AvgIpc) is 2.39. The molecule has 5 heteroatoms. The number of nitrogens with one attached hydrogen (secondary N) is 1. The quantitative estimate of drug-likeness (QED) is 0.819. The van der Waals surface area contributed by atoms with Crippen LogP contribution in [0.15, 0.2) is 36.0 Å². The second-order valence-electron chi connectivity index (χ2n) is 3.55. The molecule has 18 heavy (non-hydrogen) atoms. The third-order valence-corrected chi connectivity index (χ3v) is 2.35. The number of carbonyl (C=O) groups excluding carboxylic acids is 1. The number of benzene rings is 1. The van der Waals surface area contributed by atoms with Crippen LogP contribution in [0.1, 0.15) is 6.92 Å². The molecular formula is C13H12N4O. The van der Waals surface area contributed by atoms with Crippen LogP contribution in [0.3, 0.4) is 0 Å². The number of nitrogens with zero attached hydrogens (tertiary/aromatic N) is 3. The zero-order valence-corrected chi connectivity index (χ0v) is 10.1. The molecule has 1 N–H and O–H groups in total. The molecule has 0 atom stereocenters. The number of carbonyl (C=O) groups is 1. The standard InChI is InChI=1S/C13H12N4O/c1-10(18)17(2)13-5-3-12(4-6-13)16-9-11(7-14)8-15/h3-6,9,16H,1-2H3. The van der Waals surface area contributed by atoms with Gasteiger partial charge in [-0.25, -0.2) is 0 Å². The Morgan fingerprint density at radius 3 is 2.28 bits per heavy atom. The summed E-state index contributed by atoms with van der Waals surface area (Å²) in [5.74, 6) is -0.0492. The van der Waals surface area contributed by atoms with Crippen LogP contribution in [-0.2, 0) is 4.79 Å². The summed E-state index contributed by atoms with van der Waals surface area (Å²) in [6.07, 6.45) is 1.34. The first-order valence-electron chi connectivity index (χ1n) is 5.19. The van der Waals surface area contributed by atoms with E-state index in [9.17, 15) is 4.79 Å². The fraction of sp³-hybridized carbons (Fsp3) is 0.154. The van der Waals surface area contributed by atoms with E-state index in [0.717, 1.165) is 11.4 Å². The van der Waals surface area contributed by atoms with Gasteiger partial charge in [-0.1, -0.05) is 0 Å². The van der Waals surface area contributed by atoms with Gasteiger partial charge in [0.25, 0.3) is 0 Å². The molecule has 1 aromatic rings. The summed E-state index contributed by atoms with van der Waals surface area (Å²) in [6, 6.07) is 10.6. The minimum absolute atomic E-state index is 0.0000643.